The van der Waals surface area contributed by atoms with Crippen molar-refractivity contribution < 1.29 is 24.1 Å². The Hall–Kier alpha value is -2.77. The van der Waals surface area contributed by atoms with Crippen molar-refractivity contribution >= 4 is 5.97 Å². The molecular weight excluding hydrogens is 266 g/mol. The van der Waals surface area contributed by atoms with E-state index >= 15 is 0 Å². The molecule has 0 atom stereocenters. The van der Waals surface area contributed by atoms with Gasteiger partial charge in [0.25, 0.3) is 0 Å². The Morgan fingerprint density at radius 1 is 1.40 bits per heavy atom. The second-order valence-corrected chi connectivity index (χ2v) is 4.04. The number of aromatic carboxylic acids is 1. The van der Waals surface area contributed by atoms with Gasteiger partial charge in [-0.15, -0.1) is 5.10 Å². The predicted octanol–water partition coefficient (Wildman–Crippen LogP) is 0.784. The predicted molar refractivity (Wildman–Crippen MR) is 65.0 cm³/mol. The molecule has 0 amide bonds. The summed E-state index contributed by atoms with van der Waals surface area (Å²) in [6, 6.07) is 5.29. The van der Waals surface area contributed by atoms with Gasteiger partial charge >= 0.3 is 5.97 Å². The van der Waals surface area contributed by atoms with E-state index in [4.69, 9.17) is 19.3 Å². The van der Waals surface area contributed by atoms with Crippen LogP contribution in [0, 0.1) is 0 Å². The van der Waals surface area contributed by atoms with E-state index in [9.17, 15) is 4.79 Å². The van der Waals surface area contributed by atoms with Gasteiger partial charge in [0.1, 0.15) is 12.4 Å². The number of nitrogens with zero attached hydrogens (tertiary/aromatic N) is 3. The molecule has 1 aromatic carbocycles. The van der Waals surface area contributed by atoms with Crippen LogP contribution in [0.4, 0.5) is 0 Å². The van der Waals surface area contributed by atoms with Crippen LogP contribution < -0.4 is 14.2 Å². The molecule has 0 radical (unpaired) electrons. The van der Waals surface area contributed by atoms with Gasteiger partial charge in [-0.1, -0.05) is 5.21 Å². The summed E-state index contributed by atoms with van der Waals surface area (Å²) < 4.78 is 17.4. The van der Waals surface area contributed by atoms with E-state index in [1.54, 1.807) is 18.2 Å². The summed E-state index contributed by atoms with van der Waals surface area (Å²) in [5.74, 6) is 0.886. The van der Waals surface area contributed by atoms with Crippen molar-refractivity contribution in [3.05, 3.63) is 30.1 Å². The van der Waals surface area contributed by atoms with Crippen LogP contribution in [0.25, 0.3) is 0 Å². The molecule has 1 aromatic heterocycles. The molecule has 1 aliphatic heterocycles. The topological polar surface area (TPSA) is 95.7 Å². The summed E-state index contributed by atoms with van der Waals surface area (Å²) in [5.41, 5.74) is -0.0897. The number of benzene rings is 1. The zero-order chi connectivity index (χ0) is 13.9. The molecule has 2 heterocycles. The molecule has 0 fully saturated rings. The lowest BCUT2D eigenvalue weighted by Gasteiger charge is -2.06. The quantitative estimate of drug-likeness (QED) is 0.862. The van der Waals surface area contributed by atoms with Crippen LogP contribution in [-0.2, 0) is 6.54 Å². The molecule has 8 heteroatoms. The van der Waals surface area contributed by atoms with E-state index in [2.05, 4.69) is 10.3 Å². The highest BCUT2D eigenvalue weighted by Crippen LogP contribution is 2.34. The summed E-state index contributed by atoms with van der Waals surface area (Å²) in [5, 5.41) is 15.9. The summed E-state index contributed by atoms with van der Waals surface area (Å²) in [7, 11) is 0. The summed E-state index contributed by atoms with van der Waals surface area (Å²) in [4.78, 5) is 10.6. The number of aromatic nitrogens is 3. The summed E-state index contributed by atoms with van der Waals surface area (Å²) in [6.07, 6.45) is 1.35. The third-order valence-corrected chi connectivity index (χ3v) is 2.69. The zero-order valence-electron chi connectivity index (χ0n) is 10.4. The van der Waals surface area contributed by atoms with Crippen LogP contribution in [0.5, 0.6) is 17.2 Å². The Labute approximate surface area is 113 Å². The molecule has 1 N–H and O–H groups in total. The molecule has 3 rings (SSSR count). The monoisotopic (exact) mass is 277 g/mol. The third kappa shape index (κ3) is 2.48. The van der Waals surface area contributed by atoms with Crippen molar-refractivity contribution in [2.24, 2.45) is 0 Å². The number of carboxylic acid groups (broad SMARTS) is 1. The van der Waals surface area contributed by atoms with E-state index in [0.29, 0.717) is 30.4 Å². The number of rotatable bonds is 5. The van der Waals surface area contributed by atoms with Gasteiger partial charge in [-0.2, -0.15) is 0 Å². The number of fused-ring (bicyclic) bond motifs is 1. The molecule has 0 aliphatic carbocycles. The van der Waals surface area contributed by atoms with Gasteiger partial charge in [0.2, 0.25) is 6.79 Å². The van der Waals surface area contributed by atoms with Crippen LogP contribution >= 0.6 is 0 Å². The van der Waals surface area contributed by atoms with Crippen LogP contribution in [0.2, 0.25) is 0 Å². The van der Waals surface area contributed by atoms with Gasteiger partial charge in [-0.05, 0) is 12.1 Å². The van der Waals surface area contributed by atoms with E-state index in [0.717, 1.165) is 0 Å². The molecule has 1 aliphatic rings. The van der Waals surface area contributed by atoms with E-state index in [1.165, 1.54) is 10.9 Å². The molecule has 8 nitrogen and oxygen atoms in total. The fraction of sp³-hybridized carbons (Fsp3) is 0.250. The van der Waals surface area contributed by atoms with Crippen LogP contribution in [0.3, 0.4) is 0 Å². The number of carbonyl (C=O) groups is 1. The maximum atomic E-state index is 10.6. The van der Waals surface area contributed by atoms with Gasteiger partial charge in [0, 0.05) is 6.07 Å². The Morgan fingerprint density at radius 2 is 2.25 bits per heavy atom. The summed E-state index contributed by atoms with van der Waals surface area (Å²) in [6.45, 7) is 0.951. The fourth-order valence-electron chi connectivity index (χ4n) is 1.73. The lowest BCUT2D eigenvalue weighted by Crippen LogP contribution is -2.08. The average molecular weight is 277 g/mol. The largest absolute Gasteiger partial charge is 0.492 e. The van der Waals surface area contributed by atoms with E-state index in [-0.39, 0.29) is 12.5 Å². The normalized spacial score (nSPS) is 12.4. The lowest BCUT2D eigenvalue weighted by atomic mass is 10.3. The molecule has 20 heavy (non-hydrogen) atoms. The number of hydrogen-bond donors (Lipinski definition) is 1. The molecule has 0 spiro atoms. The van der Waals surface area contributed by atoms with Gasteiger partial charge in [-0.25, -0.2) is 9.48 Å². The van der Waals surface area contributed by atoms with Crippen molar-refractivity contribution in [3.63, 3.8) is 0 Å². The SMILES string of the molecule is O=C(O)c1cn(CCOc2ccc3c(c2)OCO3)nn1. The van der Waals surface area contributed by atoms with Gasteiger partial charge in [-0.3, -0.25) is 0 Å². The van der Waals surface area contributed by atoms with Gasteiger partial charge in [0.05, 0.1) is 12.7 Å². The van der Waals surface area contributed by atoms with Crippen molar-refractivity contribution in [2.45, 2.75) is 6.54 Å². The fourth-order valence-corrected chi connectivity index (χ4v) is 1.73. The zero-order valence-corrected chi connectivity index (χ0v) is 10.4. The Kier molecular flexibility index (Phi) is 3.12. The summed E-state index contributed by atoms with van der Waals surface area (Å²) >= 11 is 0. The average Bonchev–Trinajstić information content (AvgIpc) is 3.06. The molecule has 0 saturated heterocycles. The first kappa shape index (κ1) is 12.3. The van der Waals surface area contributed by atoms with E-state index < -0.39 is 5.97 Å². The molecule has 104 valence electrons. The third-order valence-electron chi connectivity index (χ3n) is 2.69. The van der Waals surface area contributed by atoms with Gasteiger partial charge < -0.3 is 19.3 Å². The standard InChI is InChI=1S/C12H11N3O5/c16-12(17)9-6-15(14-13-9)3-4-18-8-1-2-10-11(5-8)20-7-19-10/h1-2,5-6H,3-4,7H2,(H,16,17). The number of hydrogen-bond acceptors (Lipinski definition) is 6. The highest BCUT2D eigenvalue weighted by Gasteiger charge is 2.13. The highest BCUT2D eigenvalue weighted by atomic mass is 16.7. The first-order chi connectivity index (χ1) is 9.72. The minimum atomic E-state index is -1.10. The van der Waals surface area contributed by atoms with Crippen molar-refractivity contribution in [3.8, 4) is 17.2 Å². The highest BCUT2D eigenvalue weighted by molar-refractivity contribution is 5.84. The van der Waals surface area contributed by atoms with Crippen LogP contribution in [0.15, 0.2) is 24.4 Å². The Bertz CT molecular complexity index is 640. The lowest BCUT2D eigenvalue weighted by molar-refractivity contribution is 0.0690. The van der Waals surface area contributed by atoms with Gasteiger partial charge in [0.15, 0.2) is 17.2 Å². The Morgan fingerprint density at radius 3 is 3.05 bits per heavy atom. The van der Waals surface area contributed by atoms with Crippen molar-refractivity contribution in [2.75, 3.05) is 13.4 Å². The molecule has 0 saturated carbocycles. The second-order valence-electron chi connectivity index (χ2n) is 4.04. The molecular formula is C12H11N3O5. The minimum Gasteiger partial charge on any atom is -0.492 e. The number of carboxylic acids is 1. The molecule has 0 bridgehead atoms. The van der Waals surface area contributed by atoms with Crippen molar-refractivity contribution in [1.29, 1.82) is 0 Å². The molecule has 0 unspecified atom stereocenters. The maximum absolute atomic E-state index is 10.6. The smallest absolute Gasteiger partial charge is 0.358 e. The van der Waals surface area contributed by atoms with Crippen molar-refractivity contribution in [1.82, 2.24) is 15.0 Å². The van der Waals surface area contributed by atoms with Crippen LogP contribution in [-0.4, -0.2) is 39.5 Å². The molecule has 2 aromatic rings. The number of ether oxygens (including phenoxy) is 3. The Balaban J connectivity index is 1.55. The second kappa shape index (κ2) is 5.08. The first-order valence-corrected chi connectivity index (χ1v) is 5.88. The van der Waals surface area contributed by atoms with Crippen LogP contribution in [0.1, 0.15) is 10.5 Å². The minimum absolute atomic E-state index is 0.0897. The van der Waals surface area contributed by atoms with E-state index in [1.807, 2.05) is 0 Å². The first-order valence-electron chi connectivity index (χ1n) is 5.88. The maximum Gasteiger partial charge on any atom is 0.358 e.